The van der Waals surface area contributed by atoms with Crippen molar-refractivity contribution in [2.24, 2.45) is 0 Å². The number of nitrogens with zero attached hydrogens (tertiary/aromatic N) is 2. The van der Waals surface area contributed by atoms with E-state index < -0.39 is 0 Å². The predicted molar refractivity (Wildman–Crippen MR) is 180 cm³/mol. The van der Waals surface area contributed by atoms with E-state index in [1.807, 2.05) is 42.5 Å². The van der Waals surface area contributed by atoms with E-state index >= 15 is 0 Å². The molecule has 2 aliphatic rings. The van der Waals surface area contributed by atoms with Crippen LogP contribution in [-0.4, -0.2) is 9.97 Å². The van der Waals surface area contributed by atoms with Gasteiger partial charge in [0.25, 0.3) is 0 Å². The first-order valence-electron chi connectivity index (χ1n) is 15.3. The number of benzene rings is 6. The number of ether oxygens (including phenoxy) is 2. The third-order valence-electron chi connectivity index (χ3n) is 9.17. The highest BCUT2D eigenvalue weighted by Crippen LogP contribution is 2.59. The average Bonchev–Trinajstić information content (AvgIpc) is 3.33. The maximum atomic E-state index is 6.93. The molecule has 4 nitrogen and oxygen atoms in total. The zero-order valence-corrected chi connectivity index (χ0v) is 24.9. The molecule has 0 bridgehead atoms. The third kappa shape index (κ3) is 3.92. The lowest BCUT2D eigenvalue weighted by Gasteiger charge is -2.26. The van der Waals surface area contributed by atoms with Crippen molar-refractivity contribution in [3.63, 3.8) is 0 Å². The Labute approximate surface area is 261 Å². The number of rotatable bonds is 3. The second-order valence-corrected chi connectivity index (χ2v) is 12.2. The van der Waals surface area contributed by atoms with E-state index in [0.29, 0.717) is 17.3 Å². The van der Waals surface area contributed by atoms with Crippen molar-refractivity contribution in [1.82, 2.24) is 9.97 Å². The third-order valence-corrected chi connectivity index (χ3v) is 9.17. The van der Waals surface area contributed by atoms with Crippen molar-refractivity contribution in [2.45, 2.75) is 19.3 Å². The largest absolute Gasteiger partial charge is 0.449 e. The van der Waals surface area contributed by atoms with Gasteiger partial charge in [0.05, 0.1) is 11.4 Å². The second kappa shape index (κ2) is 9.63. The fourth-order valence-corrected chi connectivity index (χ4v) is 6.93. The summed E-state index contributed by atoms with van der Waals surface area (Å²) in [5, 5.41) is 2.25. The first-order chi connectivity index (χ1) is 22.1. The van der Waals surface area contributed by atoms with Crippen molar-refractivity contribution >= 4 is 10.8 Å². The van der Waals surface area contributed by atoms with Crippen LogP contribution in [0.4, 0.5) is 0 Å². The smallest absolute Gasteiger partial charge is 0.179 e. The van der Waals surface area contributed by atoms with Gasteiger partial charge in [0.2, 0.25) is 0 Å². The van der Waals surface area contributed by atoms with Crippen LogP contribution in [0.3, 0.4) is 0 Å². The lowest BCUT2D eigenvalue weighted by Crippen LogP contribution is -2.15. The highest BCUT2D eigenvalue weighted by atomic mass is 16.6. The van der Waals surface area contributed by atoms with E-state index in [9.17, 15) is 0 Å². The van der Waals surface area contributed by atoms with E-state index in [0.717, 1.165) is 55.9 Å². The van der Waals surface area contributed by atoms with Gasteiger partial charge in [-0.05, 0) is 51.7 Å². The number of aromatic nitrogens is 2. The van der Waals surface area contributed by atoms with E-state index in [1.54, 1.807) is 0 Å². The number of hydrogen-bond acceptors (Lipinski definition) is 4. The minimum atomic E-state index is -0.144. The molecule has 0 spiro atoms. The van der Waals surface area contributed by atoms with Gasteiger partial charge in [0.1, 0.15) is 0 Å². The van der Waals surface area contributed by atoms with Gasteiger partial charge in [-0.2, -0.15) is 0 Å². The molecule has 9 rings (SSSR count). The molecule has 0 unspecified atom stereocenters. The van der Waals surface area contributed by atoms with Crippen molar-refractivity contribution in [3.05, 3.63) is 145 Å². The predicted octanol–water partition coefficient (Wildman–Crippen LogP) is 10.8. The van der Waals surface area contributed by atoms with Crippen LogP contribution in [0.1, 0.15) is 25.0 Å². The van der Waals surface area contributed by atoms with Crippen LogP contribution in [0.15, 0.2) is 133 Å². The molecule has 0 fully saturated rings. The molecule has 0 saturated carbocycles. The number of fused-ring (bicyclic) bond motifs is 7. The molecule has 214 valence electrons. The van der Waals surface area contributed by atoms with Crippen LogP contribution in [0.25, 0.3) is 55.8 Å². The highest BCUT2D eigenvalue weighted by Gasteiger charge is 2.39. The normalized spacial score (nSPS) is 13.6. The lowest BCUT2D eigenvalue weighted by atomic mass is 9.82. The first kappa shape index (κ1) is 25.7. The molecule has 7 aromatic rings. The average molecular weight is 581 g/mol. The van der Waals surface area contributed by atoms with Gasteiger partial charge in [-0.25, -0.2) is 9.97 Å². The summed E-state index contributed by atoms with van der Waals surface area (Å²) in [4.78, 5) is 10.3. The van der Waals surface area contributed by atoms with Gasteiger partial charge in [0.15, 0.2) is 28.8 Å². The molecule has 6 aromatic carbocycles. The monoisotopic (exact) mass is 580 g/mol. The molecular weight excluding hydrogens is 552 g/mol. The van der Waals surface area contributed by atoms with Gasteiger partial charge < -0.3 is 9.47 Å². The standard InChI is InChI=1S/C41H28N2O2/c1-41(2)31-20-9-8-17-29(31)37-32(41)22-23-36-39(37)45-38-30(19-11-21-35(38)44-36)34-24-33(26-13-4-3-5-14-26)42-40(43-34)28-18-10-15-25-12-6-7-16-27(25)28/h3-24H,1-2H3. The van der Waals surface area contributed by atoms with Crippen molar-refractivity contribution in [2.75, 3.05) is 0 Å². The zero-order chi connectivity index (χ0) is 30.1. The van der Waals surface area contributed by atoms with Crippen LogP contribution in [0.2, 0.25) is 0 Å². The van der Waals surface area contributed by atoms with Crippen LogP contribution in [0.5, 0.6) is 23.0 Å². The van der Waals surface area contributed by atoms with Crippen LogP contribution < -0.4 is 9.47 Å². The summed E-state index contributed by atoms with van der Waals surface area (Å²) in [5.74, 6) is 3.45. The molecule has 45 heavy (non-hydrogen) atoms. The Morgan fingerprint density at radius 3 is 2.11 bits per heavy atom. The lowest BCUT2D eigenvalue weighted by molar-refractivity contribution is 0.361. The fraction of sp³-hybridized carbons (Fsp3) is 0.0732. The van der Waals surface area contributed by atoms with Gasteiger partial charge >= 0.3 is 0 Å². The molecule has 1 aliphatic carbocycles. The Bertz CT molecular complexity index is 2300. The van der Waals surface area contributed by atoms with Crippen molar-refractivity contribution < 1.29 is 9.47 Å². The molecule has 0 saturated heterocycles. The maximum Gasteiger partial charge on any atom is 0.179 e. The summed E-state index contributed by atoms with van der Waals surface area (Å²) in [5.41, 5.74) is 9.12. The Morgan fingerprint density at radius 1 is 0.511 bits per heavy atom. The van der Waals surface area contributed by atoms with Crippen molar-refractivity contribution in [3.8, 4) is 68.0 Å². The van der Waals surface area contributed by atoms with E-state index in [-0.39, 0.29) is 5.41 Å². The van der Waals surface area contributed by atoms with Crippen LogP contribution in [-0.2, 0) is 5.41 Å². The van der Waals surface area contributed by atoms with Crippen molar-refractivity contribution in [1.29, 1.82) is 0 Å². The summed E-state index contributed by atoms with van der Waals surface area (Å²) in [6.07, 6.45) is 0. The topological polar surface area (TPSA) is 44.2 Å². The van der Waals surface area contributed by atoms with E-state index in [1.165, 1.54) is 16.7 Å². The quantitative estimate of drug-likeness (QED) is 0.208. The van der Waals surface area contributed by atoms with Crippen LogP contribution >= 0.6 is 0 Å². The molecule has 0 amide bonds. The van der Waals surface area contributed by atoms with Gasteiger partial charge in [0, 0.05) is 27.7 Å². The molecule has 1 aliphatic heterocycles. The Kier molecular flexibility index (Phi) is 5.51. The van der Waals surface area contributed by atoms with E-state index in [4.69, 9.17) is 19.4 Å². The van der Waals surface area contributed by atoms with Crippen LogP contribution in [0, 0.1) is 0 Å². The minimum absolute atomic E-state index is 0.144. The molecule has 0 radical (unpaired) electrons. The fourth-order valence-electron chi connectivity index (χ4n) is 6.93. The van der Waals surface area contributed by atoms with Gasteiger partial charge in [-0.3, -0.25) is 0 Å². The maximum absolute atomic E-state index is 6.93. The second-order valence-electron chi connectivity index (χ2n) is 12.2. The molecule has 0 atom stereocenters. The van der Waals surface area contributed by atoms with Gasteiger partial charge in [-0.15, -0.1) is 0 Å². The molecule has 4 heteroatoms. The highest BCUT2D eigenvalue weighted by molar-refractivity contribution is 5.96. The summed E-state index contributed by atoms with van der Waals surface area (Å²) in [6.45, 7) is 4.54. The summed E-state index contributed by atoms with van der Waals surface area (Å²) in [6, 6.07) is 45.7. The summed E-state index contributed by atoms with van der Waals surface area (Å²) < 4.78 is 13.5. The summed E-state index contributed by atoms with van der Waals surface area (Å²) >= 11 is 0. The Balaban J connectivity index is 1.25. The van der Waals surface area contributed by atoms with Gasteiger partial charge in [-0.1, -0.05) is 123 Å². The number of hydrogen-bond donors (Lipinski definition) is 0. The molecule has 1 aromatic heterocycles. The van der Waals surface area contributed by atoms with E-state index in [2.05, 4.69) is 105 Å². The molecular formula is C41H28N2O2. The SMILES string of the molecule is CC1(C)c2ccccc2-c2c1ccc1c2Oc2c(cccc2-c2cc(-c3ccccc3)nc(-c3cccc4ccccc34)n2)O1. The number of para-hydroxylation sites is 1. The zero-order valence-electron chi connectivity index (χ0n) is 24.9. The molecule has 2 heterocycles. The minimum Gasteiger partial charge on any atom is -0.449 e. The Hall–Kier alpha value is -5.74. The summed E-state index contributed by atoms with van der Waals surface area (Å²) in [7, 11) is 0. The molecule has 0 N–H and O–H groups in total. The first-order valence-corrected chi connectivity index (χ1v) is 15.3. The Morgan fingerprint density at radius 2 is 1.20 bits per heavy atom.